The van der Waals surface area contributed by atoms with Crippen LogP contribution in [0.1, 0.15) is 59.1 Å². The number of carbonyl (C=O) groups is 1. The van der Waals surface area contributed by atoms with Crippen molar-refractivity contribution in [1.82, 2.24) is 29.1 Å². The Morgan fingerprint density at radius 3 is 2.57 bits per heavy atom. The number of aryl methyl sites for hydroxylation is 2. The molecule has 0 bridgehead atoms. The molecular formula is C25H22ClN7O2. The van der Waals surface area contributed by atoms with Crippen molar-refractivity contribution in [3.05, 3.63) is 82.4 Å². The van der Waals surface area contributed by atoms with Crippen molar-refractivity contribution >= 4 is 28.8 Å². The van der Waals surface area contributed by atoms with Crippen LogP contribution in [0, 0.1) is 13.8 Å². The van der Waals surface area contributed by atoms with Crippen LogP contribution in [-0.2, 0) is 0 Å². The average Bonchev–Trinajstić information content (AvgIpc) is 3.59. The molecule has 5 aromatic rings. The predicted molar refractivity (Wildman–Crippen MR) is 131 cm³/mol. The van der Waals surface area contributed by atoms with Gasteiger partial charge in [0.25, 0.3) is 11.8 Å². The first-order valence-electron chi connectivity index (χ1n) is 11.3. The standard InChI is InChI=1S/C25H22ClN7O2/c1-13(2)32-21-19(28-23(32)24-27-9-10-35-24)25(34)33(20(21)16-5-7-17(26)8-6-16)18-11-14(3)22-30-29-15(4)31(22)12-18/h5-13,20H,1-4H3. The summed E-state index contributed by atoms with van der Waals surface area (Å²) in [5.74, 6) is 1.45. The largest absolute Gasteiger partial charge is 0.442 e. The Kier molecular flexibility index (Phi) is 4.79. The van der Waals surface area contributed by atoms with Crippen molar-refractivity contribution in [2.45, 2.75) is 39.8 Å². The van der Waals surface area contributed by atoms with Gasteiger partial charge in [0, 0.05) is 17.3 Å². The highest BCUT2D eigenvalue weighted by Gasteiger charge is 2.45. The first-order valence-corrected chi connectivity index (χ1v) is 11.7. The number of oxazole rings is 1. The van der Waals surface area contributed by atoms with Crippen LogP contribution in [0.3, 0.4) is 0 Å². The number of rotatable bonds is 4. The van der Waals surface area contributed by atoms with Gasteiger partial charge in [-0.1, -0.05) is 23.7 Å². The fraction of sp³-hybridized carbons (Fsp3) is 0.240. The van der Waals surface area contributed by atoms with E-state index in [9.17, 15) is 4.79 Å². The molecule has 9 nitrogen and oxygen atoms in total. The Bertz CT molecular complexity index is 1580. The lowest BCUT2D eigenvalue weighted by Crippen LogP contribution is -2.30. The van der Waals surface area contributed by atoms with Crippen molar-refractivity contribution in [3.63, 3.8) is 0 Å². The predicted octanol–water partition coefficient (Wildman–Crippen LogP) is 5.18. The molecule has 35 heavy (non-hydrogen) atoms. The molecule has 1 unspecified atom stereocenters. The van der Waals surface area contributed by atoms with E-state index in [0.29, 0.717) is 22.4 Å². The van der Waals surface area contributed by atoms with E-state index in [1.54, 1.807) is 11.1 Å². The molecule has 1 aliphatic rings. The van der Waals surface area contributed by atoms with Gasteiger partial charge in [0.1, 0.15) is 18.1 Å². The molecule has 5 heterocycles. The minimum absolute atomic E-state index is 0.00000896. The maximum atomic E-state index is 14.0. The Morgan fingerprint density at radius 2 is 1.89 bits per heavy atom. The van der Waals surface area contributed by atoms with Gasteiger partial charge in [-0.15, -0.1) is 10.2 Å². The van der Waals surface area contributed by atoms with Crippen molar-refractivity contribution in [1.29, 1.82) is 0 Å². The number of benzene rings is 1. The molecular weight excluding hydrogens is 466 g/mol. The van der Waals surface area contributed by atoms with E-state index in [2.05, 4.69) is 29.0 Å². The summed E-state index contributed by atoms with van der Waals surface area (Å²) in [6, 6.07) is 9.09. The molecule has 0 saturated heterocycles. The smallest absolute Gasteiger partial charge is 0.279 e. The molecule has 0 N–H and O–H groups in total. The maximum absolute atomic E-state index is 14.0. The number of pyridine rings is 1. The maximum Gasteiger partial charge on any atom is 0.279 e. The van der Waals surface area contributed by atoms with E-state index < -0.39 is 6.04 Å². The Balaban J connectivity index is 1.62. The van der Waals surface area contributed by atoms with Gasteiger partial charge in [-0.25, -0.2) is 9.97 Å². The second-order valence-corrected chi connectivity index (χ2v) is 9.36. The highest BCUT2D eigenvalue weighted by atomic mass is 35.5. The molecule has 1 aromatic carbocycles. The van der Waals surface area contributed by atoms with Gasteiger partial charge >= 0.3 is 0 Å². The van der Waals surface area contributed by atoms with E-state index in [4.69, 9.17) is 21.0 Å². The number of fused-ring (bicyclic) bond motifs is 2. The van der Waals surface area contributed by atoms with E-state index >= 15 is 0 Å². The van der Waals surface area contributed by atoms with Crippen LogP contribution in [0.15, 0.2) is 53.4 Å². The number of imidazole rings is 1. The van der Waals surface area contributed by atoms with E-state index in [-0.39, 0.29) is 11.9 Å². The molecule has 1 aliphatic heterocycles. The summed E-state index contributed by atoms with van der Waals surface area (Å²) in [5.41, 5.74) is 4.50. The molecule has 4 aromatic heterocycles. The number of anilines is 1. The first-order chi connectivity index (χ1) is 16.8. The number of amides is 1. The van der Waals surface area contributed by atoms with Crippen molar-refractivity contribution < 1.29 is 9.21 Å². The highest BCUT2D eigenvalue weighted by Crippen LogP contribution is 2.44. The number of halogens is 1. The zero-order chi connectivity index (χ0) is 24.4. The lowest BCUT2D eigenvalue weighted by molar-refractivity contribution is 0.0989. The Hall–Kier alpha value is -3.98. The average molecular weight is 488 g/mol. The number of aromatic nitrogens is 6. The second-order valence-electron chi connectivity index (χ2n) is 8.92. The summed E-state index contributed by atoms with van der Waals surface area (Å²) in [6.07, 6.45) is 4.98. The normalized spacial score (nSPS) is 15.5. The third-order valence-electron chi connectivity index (χ3n) is 6.34. The summed E-state index contributed by atoms with van der Waals surface area (Å²) in [5, 5.41) is 9.08. The number of carbonyl (C=O) groups excluding carboxylic acids is 1. The van der Waals surface area contributed by atoms with Crippen LogP contribution in [0.4, 0.5) is 5.69 Å². The monoisotopic (exact) mass is 487 g/mol. The molecule has 176 valence electrons. The van der Waals surface area contributed by atoms with Gasteiger partial charge in [0.05, 0.1) is 17.6 Å². The van der Waals surface area contributed by atoms with Crippen LogP contribution in [0.25, 0.3) is 17.4 Å². The van der Waals surface area contributed by atoms with E-state index in [1.165, 1.54) is 6.26 Å². The zero-order valence-corrected chi connectivity index (χ0v) is 20.4. The number of hydrogen-bond acceptors (Lipinski definition) is 6. The molecule has 10 heteroatoms. The van der Waals surface area contributed by atoms with Gasteiger partial charge < -0.3 is 8.98 Å². The lowest BCUT2D eigenvalue weighted by atomic mass is 10.0. The summed E-state index contributed by atoms with van der Waals surface area (Å²) in [4.78, 5) is 24.8. The first kappa shape index (κ1) is 21.5. The third kappa shape index (κ3) is 3.19. The molecule has 1 atom stereocenters. The molecule has 1 amide bonds. The summed E-state index contributed by atoms with van der Waals surface area (Å²) in [6.45, 7) is 7.96. The minimum atomic E-state index is -0.429. The topological polar surface area (TPSA) is 94.3 Å². The van der Waals surface area contributed by atoms with Crippen LogP contribution in [0.5, 0.6) is 0 Å². The van der Waals surface area contributed by atoms with Gasteiger partial charge in [0.15, 0.2) is 17.2 Å². The van der Waals surface area contributed by atoms with Crippen LogP contribution in [-0.4, -0.2) is 35.0 Å². The fourth-order valence-electron chi connectivity index (χ4n) is 4.82. The quantitative estimate of drug-likeness (QED) is 0.346. The fourth-order valence-corrected chi connectivity index (χ4v) is 4.95. The molecule has 0 radical (unpaired) electrons. The zero-order valence-electron chi connectivity index (χ0n) is 19.6. The number of hydrogen-bond donors (Lipinski definition) is 0. The summed E-state index contributed by atoms with van der Waals surface area (Å²) < 4.78 is 9.51. The van der Waals surface area contributed by atoms with Crippen LogP contribution >= 0.6 is 11.6 Å². The Labute approximate surface area is 206 Å². The van der Waals surface area contributed by atoms with Gasteiger partial charge in [0.2, 0.25) is 0 Å². The highest BCUT2D eigenvalue weighted by molar-refractivity contribution is 6.30. The second kappa shape index (κ2) is 7.78. The van der Waals surface area contributed by atoms with Gasteiger partial charge in [-0.2, -0.15) is 0 Å². The minimum Gasteiger partial charge on any atom is -0.442 e. The molecule has 0 aliphatic carbocycles. The number of nitrogens with zero attached hydrogens (tertiary/aromatic N) is 7. The van der Waals surface area contributed by atoms with Gasteiger partial charge in [-0.3, -0.25) is 14.1 Å². The summed E-state index contributed by atoms with van der Waals surface area (Å²) >= 11 is 6.21. The van der Waals surface area contributed by atoms with Gasteiger partial charge in [-0.05, 0) is 57.0 Å². The molecule has 6 rings (SSSR count). The molecule has 0 saturated carbocycles. The van der Waals surface area contributed by atoms with Crippen LogP contribution in [0.2, 0.25) is 5.02 Å². The van der Waals surface area contributed by atoms with Crippen molar-refractivity contribution in [2.24, 2.45) is 0 Å². The van der Waals surface area contributed by atoms with E-state index in [1.807, 2.05) is 59.3 Å². The molecule has 0 spiro atoms. The SMILES string of the molecule is Cc1cc(N2C(=O)c3nc(-c4ncco4)n(C(C)C)c3C2c2ccc(Cl)cc2)cn2c(C)nnc12. The molecule has 0 fully saturated rings. The van der Waals surface area contributed by atoms with Crippen molar-refractivity contribution in [2.75, 3.05) is 4.90 Å². The summed E-state index contributed by atoms with van der Waals surface area (Å²) in [7, 11) is 0. The third-order valence-corrected chi connectivity index (χ3v) is 6.59. The van der Waals surface area contributed by atoms with Crippen molar-refractivity contribution in [3.8, 4) is 11.7 Å². The van der Waals surface area contributed by atoms with Crippen LogP contribution < -0.4 is 4.90 Å². The Morgan fingerprint density at radius 1 is 1.11 bits per heavy atom. The lowest BCUT2D eigenvalue weighted by Gasteiger charge is -2.28. The van der Waals surface area contributed by atoms with E-state index in [0.717, 1.165) is 34.0 Å².